The molecule has 2 N–H and O–H groups in total. The van der Waals surface area contributed by atoms with Crippen LogP contribution in [0.5, 0.6) is 0 Å². The summed E-state index contributed by atoms with van der Waals surface area (Å²) in [4.78, 5) is 24.5. The van der Waals surface area contributed by atoms with Crippen LogP contribution in [0.4, 0.5) is 0 Å². The van der Waals surface area contributed by atoms with Gasteiger partial charge in [-0.05, 0) is 19.2 Å². The Balaban J connectivity index is 1.76. The van der Waals surface area contributed by atoms with Gasteiger partial charge in [0.25, 0.3) is 0 Å². The monoisotopic (exact) mass is 329 g/mol. The molecule has 0 unspecified atom stereocenters. The molecular formula is C17H23N5O2. The zero-order valence-electron chi connectivity index (χ0n) is 14.0. The average Bonchev–Trinajstić information content (AvgIpc) is 3.00. The summed E-state index contributed by atoms with van der Waals surface area (Å²) in [5.74, 6) is -0.171. The van der Waals surface area contributed by atoms with Crippen LogP contribution in [0.15, 0.2) is 42.7 Å². The van der Waals surface area contributed by atoms with Gasteiger partial charge in [-0.1, -0.05) is 18.2 Å². The van der Waals surface area contributed by atoms with Crippen molar-refractivity contribution in [1.29, 1.82) is 0 Å². The minimum atomic E-state index is -0.100. The molecule has 0 aliphatic carbocycles. The number of rotatable bonds is 8. The summed E-state index contributed by atoms with van der Waals surface area (Å²) in [6.07, 6.45) is 3.76. The van der Waals surface area contributed by atoms with Crippen molar-refractivity contribution in [3.63, 3.8) is 0 Å². The zero-order valence-corrected chi connectivity index (χ0v) is 14.0. The first-order valence-corrected chi connectivity index (χ1v) is 7.83. The van der Waals surface area contributed by atoms with Crippen molar-refractivity contribution in [3.05, 3.63) is 48.3 Å². The number of aromatic nitrogens is 2. The fourth-order valence-corrected chi connectivity index (χ4v) is 2.27. The van der Waals surface area contributed by atoms with E-state index in [0.29, 0.717) is 19.6 Å². The van der Waals surface area contributed by atoms with Crippen molar-refractivity contribution < 1.29 is 9.59 Å². The standard InChI is InChI=1S/C17H23N5O2/c1-14(23)18-8-9-19-17(24)13-21(2)11-15-10-20-22(12-15)16-6-4-3-5-7-16/h3-7,10,12H,8-9,11,13H2,1-2H3,(H,18,23)(H,19,24). The van der Waals surface area contributed by atoms with E-state index in [-0.39, 0.29) is 18.4 Å². The molecule has 1 aromatic heterocycles. The molecule has 0 fully saturated rings. The van der Waals surface area contributed by atoms with Crippen LogP contribution in [0.2, 0.25) is 0 Å². The van der Waals surface area contributed by atoms with E-state index in [2.05, 4.69) is 15.7 Å². The van der Waals surface area contributed by atoms with E-state index >= 15 is 0 Å². The lowest BCUT2D eigenvalue weighted by Gasteiger charge is -2.15. The van der Waals surface area contributed by atoms with Gasteiger partial charge in [0, 0.05) is 38.3 Å². The molecule has 0 aliphatic rings. The van der Waals surface area contributed by atoms with Crippen molar-refractivity contribution >= 4 is 11.8 Å². The zero-order chi connectivity index (χ0) is 17.4. The molecule has 2 amide bonds. The van der Waals surface area contributed by atoms with E-state index in [0.717, 1.165) is 11.3 Å². The lowest BCUT2D eigenvalue weighted by atomic mass is 10.3. The Morgan fingerprint density at radius 3 is 2.58 bits per heavy atom. The highest BCUT2D eigenvalue weighted by Crippen LogP contribution is 2.08. The highest BCUT2D eigenvalue weighted by atomic mass is 16.2. The van der Waals surface area contributed by atoms with Gasteiger partial charge >= 0.3 is 0 Å². The smallest absolute Gasteiger partial charge is 0.234 e. The molecule has 0 spiro atoms. The van der Waals surface area contributed by atoms with Crippen molar-refractivity contribution in [2.75, 3.05) is 26.7 Å². The van der Waals surface area contributed by atoms with Crippen LogP contribution >= 0.6 is 0 Å². The first-order chi connectivity index (χ1) is 11.5. The molecule has 2 rings (SSSR count). The SMILES string of the molecule is CC(=O)NCCNC(=O)CN(C)Cc1cnn(-c2ccccc2)c1. The Kier molecular flexibility index (Phi) is 6.51. The van der Waals surface area contributed by atoms with Gasteiger partial charge in [0.05, 0.1) is 18.4 Å². The van der Waals surface area contributed by atoms with E-state index in [4.69, 9.17) is 0 Å². The average molecular weight is 329 g/mol. The van der Waals surface area contributed by atoms with Crippen LogP contribution in [0, 0.1) is 0 Å². The van der Waals surface area contributed by atoms with Gasteiger partial charge in [-0.25, -0.2) is 4.68 Å². The Bertz CT molecular complexity index is 669. The number of hydrogen-bond acceptors (Lipinski definition) is 4. The second-order valence-electron chi connectivity index (χ2n) is 5.63. The van der Waals surface area contributed by atoms with Gasteiger partial charge in [0.15, 0.2) is 0 Å². The molecule has 128 valence electrons. The molecule has 1 heterocycles. The van der Waals surface area contributed by atoms with Gasteiger partial charge < -0.3 is 10.6 Å². The summed E-state index contributed by atoms with van der Waals surface area (Å²) in [5.41, 5.74) is 2.04. The first-order valence-electron chi connectivity index (χ1n) is 7.83. The Hall–Kier alpha value is -2.67. The van der Waals surface area contributed by atoms with Gasteiger partial charge in [-0.3, -0.25) is 14.5 Å². The van der Waals surface area contributed by atoms with Gasteiger partial charge in [-0.15, -0.1) is 0 Å². The molecule has 0 radical (unpaired) electrons. The summed E-state index contributed by atoms with van der Waals surface area (Å²) in [7, 11) is 1.88. The number of amides is 2. The van der Waals surface area contributed by atoms with E-state index in [1.165, 1.54) is 6.92 Å². The molecule has 7 heteroatoms. The molecule has 0 bridgehead atoms. The number of likely N-dealkylation sites (N-methyl/N-ethyl adjacent to an activating group) is 1. The van der Waals surface area contributed by atoms with Crippen LogP contribution in [-0.2, 0) is 16.1 Å². The molecule has 0 aliphatic heterocycles. The number of nitrogens with zero attached hydrogens (tertiary/aromatic N) is 3. The van der Waals surface area contributed by atoms with Crippen LogP contribution in [0.3, 0.4) is 0 Å². The minimum Gasteiger partial charge on any atom is -0.355 e. The molecule has 0 saturated carbocycles. The van der Waals surface area contributed by atoms with E-state index in [1.807, 2.05) is 53.2 Å². The lowest BCUT2D eigenvalue weighted by molar-refractivity contribution is -0.122. The largest absolute Gasteiger partial charge is 0.355 e. The fourth-order valence-electron chi connectivity index (χ4n) is 2.27. The predicted octanol–water partition coefficient (Wildman–Crippen LogP) is 0.556. The van der Waals surface area contributed by atoms with Crippen molar-refractivity contribution in [2.24, 2.45) is 0 Å². The maximum atomic E-state index is 11.8. The second-order valence-corrected chi connectivity index (χ2v) is 5.63. The molecular weight excluding hydrogens is 306 g/mol. The molecule has 7 nitrogen and oxygen atoms in total. The first kappa shape index (κ1) is 17.7. The minimum absolute atomic E-state index is 0.0710. The van der Waals surface area contributed by atoms with Gasteiger partial charge in [0.2, 0.25) is 11.8 Å². The maximum Gasteiger partial charge on any atom is 0.234 e. The highest BCUT2D eigenvalue weighted by molar-refractivity contribution is 5.78. The summed E-state index contributed by atoms with van der Waals surface area (Å²) in [6, 6.07) is 9.88. The molecule has 24 heavy (non-hydrogen) atoms. The third-order valence-electron chi connectivity index (χ3n) is 3.34. The van der Waals surface area contributed by atoms with E-state index in [9.17, 15) is 9.59 Å². The third-order valence-corrected chi connectivity index (χ3v) is 3.34. The topological polar surface area (TPSA) is 79.3 Å². The predicted molar refractivity (Wildman–Crippen MR) is 91.6 cm³/mol. The third kappa shape index (κ3) is 5.85. The Morgan fingerprint density at radius 2 is 1.88 bits per heavy atom. The van der Waals surface area contributed by atoms with E-state index < -0.39 is 0 Å². The van der Waals surface area contributed by atoms with Crippen LogP contribution in [0.25, 0.3) is 5.69 Å². The van der Waals surface area contributed by atoms with Crippen molar-refractivity contribution in [2.45, 2.75) is 13.5 Å². The summed E-state index contributed by atoms with van der Waals surface area (Å²) in [5, 5.41) is 9.75. The number of para-hydroxylation sites is 1. The quantitative estimate of drug-likeness (QED) is 0.694. The van der Waals surface area contributed by atoms with Gasteiger partial charge in [0.1, 0.15) is 0 Å². The normalized spacial score (nSPS) is 10.6. The van der Waals surface area contributed by atoms with Crippen LogP contribution in [0.1, 0.15) is 12.5 Å². The number of nitrogens with one attached hydrogen (secondary N) is 2. The number of carbonyl (C=O) groups excluding carboxylic acids is 2. The summed E-state index contributed by atoms with van der Waals surface area (Å²) in [6.45, 7) is 3.24. The van der Waals surface area contributed by atoms with E-state index in [1.54, 1.807) is 6.20 Å². The molecule has 0 atom stereocenters. The van der Waals surface area contributed by atoms with Crippen LogP contribution < -0.4 is 10.6 Å². The van der Waals surface area contributed by atoms with Crippen molar-refractivity contribution in [1.82, 2.24) is 25.3 Å². The highest BCUT2D eigenvalue weighted by Gasteiger charge is 2.08. The van der Waals surface area contributed by atoms with Crippen LogP contribution in [-0.4, -0.2) is 53.2 Å². The fraction of sp³-hybridized carbons (Fsp3) is 0.353. The maximum absolute atomic E-state index is 11.8. The van der Waals surface area contributed by atoms with Gasteiger partial charge in [-0.2, -0.15) is 5.10 Å². The number of hydrogen-bond donors (Lipinski definition) is 2. The molecule has 2 aromatic rings. The Labute approximate surface area is 141 Å². The number of carbonyl (C=O) groups is 2. The summed E-state index contributed by atoms with van der Waals surface area (Å²) >= 11 is 0. The van der Waals surface area contributed by atoms with Crippen molar-refractivity contribution in [3.8, 4) is 5.69 Å². The molecule has 0 saturated heterocycles. The Morgan fingerprint density at radius 1 is 1.17 bits per heavy atom. The lowest BCUT2D eigenvalue weighted by Crippen LogP contribution is -2.38. The molecule has 1 aromatic carbocycles. The number of benzene rings is 1. The summed E-state index contributed by atoms with van der Waals surface area (Å²) < 4.78 is 1.82. The second kappa shape index (κ2) is 8.83.